The van der Waals surface area contributed by atoms with Gasteiger partial charge >= 0.3 is 0 Å². The molecule has 3 amide bonds. The van der Waals surface area contributed by atoms with Crippen LogP contribution in [0.3, 0.4) is 0 Å². The van der Waals surface area contributed by atoms with Crippen LogP contribution in [0, 0.1) is 17.7 Å². The molecule has 1 N–H and O–H groups in total. The summed E-state index contributed by atoms with van der Waals surface area (Å²) in [6.45, 7) is 0. The van der Waals surface area contributed by atoms with Gasteiger partial charge in [-0.2, -0.15) is 0 Å². The Kier molecular flexibility index (Phi) is 5.86. The standard InChI is InChI=1S/C33H23Cl2FN2O3/c34-32-22-10-4-5-11-23(22)33(35,25-13-7-6-12-24(25)32)28-27(32)30(40)38(31(28)41)26(18-19-8-2-1-3-9-19)29(39)37-21-16-14-20(36)15-17-21/h1-17,26-28H,18H2,(H,37,39)/t26-,27-,28-,32?,33?/m0/s1. The van der Waals surface area contributed by atoms with Gasteiger partial charge in [0.15, 0.2) is 0 Å². The van der Waals surface area contributed by atoms with Crippen LogP contribution in [-0.4, -0.2) is 28.7 Å². The predicted octanol–water partition coefficient (Wildman–Crippen LogP) is 5.97. The van der Waals surface area contributed by atoms with Crippen molar-refractivity contribution in [3.05, 3.63) is 137 Å². The van der Waals surface area contributed by atoms with Crippen molar-refractivity contribution in [2.45, 2.75) is 22.2 Å². The van der Waals surface area contributed by atoms with E-state index in [1.54, 1.807) is 0 Å². The lowest BCUT2D eigenvalue weighted by Crippen LogP contribution is -2.57. The lowest BCUT2D eigenvalue weighted by atomic mass is 9.54. The number of rotatable bonds is 5. The molecule has 8 heteroatoms. The molecule has 4 aromatic carbocycles. The molecular weight excluding hydrogens is 562 g/mol. The summed E-state index contributed by atoms with van der Waals surface area (Å²) in [6.07, 6.45) is 0.0786. The van der Waals surface area contributed by atoms with E-state index in [1.165, 1.54) is 24.3 Å². The maximum atomic E-state index is 14.5. The first-order valence-electron chi connectivity index (χ1n) is 13.3. The van der Waals surface area contributed by atoms with Gasteiger partial charge in [-0.15, -0.1) is 23.2 Å². The highest BCUT2D eigenvalue weighted by molar-refractivity contribution is 6.36. The number of carbonyl (C=O) groups is 3. The zero-order chi connectivity index (χ0) is 28.5. The van der Waals surface area contributed by atoms with Gasteiger partial charge < -0.3 is 5.32 Å². The lowest BCUT2D eigenvalue weighted by Gasteiger charge is -2.54. The Bertz CT molecular complexity index is 1600. The first kappa shape index (κ1) is 25.9. The fraction of sp³-hybridized carbons (Fsp3) is 0.182. The van der Waals surface area contributed by atoms with Crippen molar-refractivity contribution in [2.75, 3.05) is 5.32 Å². The van der Waals surface area contributed by atoms with Crippen LogP contribution < -0.4 is 5.32 Å². The molecular formula is C33H23Cl2FN2O3. The molecule has 4 aromatic rings. The van der Waals surface area contributed by atoms with Gasteiger partial charge in [0.05, 0.1) is 11.8 Å². The zero-order valence-corrected chi connectivity index (χ0v) is 23.1. The third kappa shape index (κ3) is 3.57. The molecule has 1 saturated heterocycles. The molecule has 4 aliphatic rings. The number of amides is 3. The Morgan fingerprint density at radius 1 is 0.732 bits per heavy atom. The fourth-order valence-electron chi connectivity index (χ4n) is 6.89. The number of carbonyl (C=O) groups excluding carboxylic acids is 3. The van der Waals surface area contributed by atoms with Crippen LogP contribution >= 0.6 is 23.2 Å². The average Bonchev–Trinajstić information content (AvgIpc) is 3.27. The second kappa shape index (κ2) is 9.26. The highest BCUT2D eigenvalue weighted by Gasteiger charge is 2.73. The third-order valence-electron chi connectivity index (χ3n) is 8.62. The van der Waals surface area contributed by atoms with E-state index in [1.807, 2.05) is 78.9 Å². The summed E-state index contributed by atoms with van der Waals surface area (Å²) in [7, 11) is 0. The summed E-state index contributed by atoms with van der Waals surface area (Å²) < 4.78 is 13.5. The quantitative estimate of drug-likeness (QED) is 0.232. The van der Waals surface area contributed by atoms with Crippen molar-refractivity contribution in [3.8, 4) is 0 Å². The molecule has 0 aromatic heterocycles. The van der Waals surface area contributed by atoms with Crippen LogP contribution in [0.15, 0.2) is 103 Å². The van der Waals surface area contributed by atoms with E-state index in [9.17, 15) is 18.8 Å². The Balaban J connectivity index is 1.36. The summed E-state index contributed by atoms with van der Waals surface area (Å²) in [5, 5.41) is 2.76. The number of halogens is 3. The molecule has 1 fully saturated rings. The monoisotopic (exact) mass is 584 g/mol. The van der Waals surface area contributed by atoms with Gasteiger partial charge in [-0.1, -0.05) is 78.9 Å². The molecule has 0 unspecified atom stereocenters. The SMILES string of the molecule is O=C(Nc1ccc(F)cc1)[C@H](Cc1ccccc1)N1C(=O)[C@@H]2[C@@H](C1=O)C1(Cl)c3ccccc3C2(Cl)c2ccccc21. The zero-order valence-electron chi connectivity index (χ0n) is 21.6. The van der Waals surface area contributed by atoms with Gasteiger partial charge in [0.25, 0.3) is 0 Å². The van der Waals surface area contributed by atoms with E-state index in [0.29, 0.717) is 27.9 Å². The number of nitrogens with one attached hydrogen (secondary N) is 1. The van der Waals surface area contributed by atoms with E-state index in [4.69, 9.17) is 23.2 Å². The Morgan fingerprint density at radius 3 is 1.63 bits per heavy atom. The van der Waals surface area contributed by atoms with Crippen LogP contribution in [0.25, 0.3) is 0 Å². The number of anilines is 1. The minimum Gasteiger partial charge on any atom is -0.324 e. The largest absolute Gasteiger partial charge is 0.324 e. The predicted molar refractivity (Wildman–Crippen MR) is 154 cm³/mol. The van der Waals surface area contributed by atoms with Gasteiger partial charge in [0.1, 0.15) is 21.6 Å². The minimum absolute atomic E-state index is 0.0786. The maximum Gasteiger partial charge on any atom is 0.248 e. The highest BCUT2D eigenvalue weighted by atomic mass is 35.5. The van der Waals surface area contributed by atoms with Crippen molar-refractivity contribution in [3.63, 3.8) is 0 Å². The van der Waals surface area contributed by atoms with E-state index >= 15 is 0 Å². The van der Waals surface area contributed by atoms with Crippen molar-refractivity contribution in [1.82, 2.24) is 4.90 Å². The van der Waals surface area contributed by atoms with Gasteiger partial charge in [-0.3, -0.25) is 19.3 Å². The molecule has 3 atom stereocenters. The first-order chi connectivity index (χ1) is 19.8. The second-order valence-corrected chi connectivity index (χ2v) is 11.9. The maximum absolute atomic E-state index is 14.5. The third-order valence-corrected chi connectivity index (χ3v) is 9.90. The normalized spacial score (nSPS) is 26.3. The molecule has 0 spiro atoms. The fourth-order valence-corrected chi connectivity index (χ4v) is 7.99. The van der Waals surface area contributed by atoms with E-state index in [2.05, 4.69) is 5.32 Å². The summed E-state index contributed by atoms with van der Waals surface area (Å²) in [5.74, 6) is -4.15. The summed E-state index contributed by atoms with van der Waals surface area (Å²) in [4.78, 5) is 41.2. The lowest BCUT2D eigenvalue weighted by molar-refractivity contribution is -0.146. The molecule has 0 radical (unpaired) electrons. The van der Waals surface area contributed by atoms with Gasteiger partial charge in [0.2, 0.25) is 17.7 Å². The highest BCUT2D eigenvalue weighted by Crippen LogP contribution is 2.69. The van der Waals surface area contributed by atoms with Crippen molar-refractivity contribution in [2.24, 2.45) is 11.8 Å². The van der Waals surface area contributed by atoms with Crippen molar-refractivity contribution in [1.29, 1.82) is 0 Å². The molecule has 1 aliphatic heterocycles. The molecule has 5 nitrogen and oxygen atoms in total. The molecule has 1 heterocycles. The summed E-state index contributed by atoms with van der Waals surface area (Å²) >= 11 is 15.1. The van der Waals surface area contributed by atoms with E-state index in [0.717, 1.165) is 10.5 Å². The van der Waals surface area contributed by atoms with Crippen LogP contribution in [0.2, 0.25) is 0 Å². The smallest absolute Gasteiger partial charge is 0.248 e. The molecule has 204 valence electrons. The number of benzene rings is 4. The number of hydrogen-bond donors (Lipinski definition) is 1. The molecule has 8 rings (SSSR count). The van der Waals surface area contributed by atoms with Crippen LogP contribution in [-0.2, 0) is 30.6 Å². The molecule has 41 heavy (non-hydrogen) atoms. The summed E-state index contributed by atoms with van der Waals surface area (Å²) in [5.41, 5.74) is 3.86. The number of alkyl halides is 2. The Morgan fingerprint density at radius 2 is 1.17 bits per heavy atom. The van der Waals surface area contributed by atoms with E-state index in [-0.39, 0.29) is 6.42 Å². The van der Waals surface area contributed by atoms with Gasteiger partial charge in [-0.25, -0.2) is 4.39 Å². The molecule has 0 saturated carbocycles. The average molecular weight is 585 g/mol. The minimum atomic E-state index is -1.35. The van der Waals surface area contributed by atoms with Crippen molar-refractivity contribution < 1.29 is 18.8 Å². The topological polar surface area (TPSA) is 66.5 Å². The van der Waals surface area contributed by atoms with Crippen LogP contribution in [0.5, 0.6) is 0 Å². The van der Waals surface area contributed by atoms with Crippen LogP contribution in [0.1, 0.15) is 27.8 Å². The Labute approximate surface area is 245 Å². The van der Waals surface area contributed by atoms with Gasteiger partial charge in [-0.05, 0) is 52.1 Å². The number of likely N-dealkylation sites (tertiary alicyclic amines) is 1. The number of hydrogen-bond acceptors (Lipinski definition) is 3. The van der Waals surface area contributed by atoms with Crippen LogP contribution in [0.4, 0.5) is 10.1 Å². The van der Waals surface area contributed by atoms with E-state index < -0.39 is 51.2 Å². The number of imide groups is 1. The van der Waals surface area contributed by atoms with Gasteiger partial charge in [0, 0.05) is 12.1 Å². The second-order valence-electron chi connectivity index (χ2n) is 10.7. The molecule has 3 aliphatic carbocycles. The molecule has 2 bridgehead atoms. The summed E-state index contributed by atoms with van der Waals surface area (Å²) in [6, 6.07) is 28.1. The number of nitrogens with zero attached hydrogens (tertiary/aromatic N) is 1. The van der Waals surface area contributed by atoms with Crippen molar-refractivity contribution >= 4 is 46.6 Å². The first-order valence-corrected chi connectivity index (χ1v) is 14.1. The Hall–Kier alpha value is -4.00.